The summed E-state index contributed by atoms with van der Waals surface area (Å²) in [6.45, 7) is 4.21. The lowest BCUT2D eigenvalue weighted by Crippen LogP contribution is -2.32. The van der Waals surface area contributed by atoms with Crippen LogP contribution in [0.4, 0.5) is 4.39 Å². The minimum absolute atomic E-state index is 0.0114. The highest BCUT2D eigenvalue weighted by molar-refractivity contribution is 6.01. The number of nitrogens with one attached hydrogen (secondary N) is 2. The molecule has 2 aliphatic rings. The molecule has 0 spiro atoms. The first-order valence-electron chi connectivity index (χ1n) is 12.3. The van der Waals surface area contributed by atoms with Crippen molar-refractivity contribution in [2.75, 3.05) is 13.7 Å². The molecule has 0 saturated heterocycles. The van der Waals surface area contributed by atoms with E-state index in [1.807, 2.05) is 0 Å². The van der Waals surface area contributed by atoms with Gasteiger partial charge in [0.15, 0.2) is 11.6 Å². The number of hydrogen-bond donors (Lipinski definition) is 2. The Kier molecular flexibility index (Phi) is 8.12. The van der Waals surface area contributed by atoms with Crippen molar-refractivity contribution < 1.29 is 23.6 Å². The lowest BCUT2D eigenvalue weighted by Gasteiger charge is -2.30. The minimum atomic E-state index is -0.459. The maximum atomic E-state index is 13.6. The van der Waals surface area contributed by atoms with Gasteiger partial charge in [0, 0.05) is 26.4 Å². The molecule has 1 saturated carbocycles. The summed E-state index contributed by atoms with van der Waals surface area (Å²) in [6, 6.07) is 6.07. The number of carbonyl (C=O) groups excluding carboxylic acids is 2. The number of hydrogen-bond acceptors (Lipinski definition) is 7. The highest BCUT2D eigenvalue weighted by Gasteiger charge is 2.34. The van der Waals surface area contributed by atoms with Crippen molar-refractivity contribution in [3.63, 3.8) is 0 Å². The lowest BCUT2D eigenvalue weighted by atomic mass is 9.78. The second-order valence-corrected chi connectivity index (χ2v) is 9.44. The van der Waals surface area contributed by atoms with Crippen LogP contribution < -0.4 is 15.4 Å². The number of aryl methyl sites for hydroxylation is 1. The molecular formula is C26H32FN5O4. The second kappa shape index (κ2) is 11.5. The SMILES string of the molecule is COc1cc(CNC(=O)c2cc(C3=NO[C@@H](C4CCC(CNC(C)=O)CC4)C3)nc(C)n2)ccc1F. The number of halogens is 1. The number of oxime groups is 1. The van der Waals surface area contributed by atoms with Crippen LogP contribution >= 0.6 is 0 Å². The smallest absolute Gasteiger partial charge is 0.270 e. The maximum absolute atomic E-state index is 13.6. The van der Waals surface area contributed by atoms with Crippen molar-refractivity contribution in [2.24, 2.45) is 17.0 Å². The molecule has 1 aromatic heterocycles. The minimum Gasteiger partial charge on any atom is -0.494 e. The Balaban J connectivity index is 1.34. The van der Waals surface area contributed by atoms with Crippen LogP contribution in [0.3, 0.4) is 0 Å². The molecule has 4 rings (SSSR count). The number of ether oxygens (including phenoxy) is 1. The molecule has 2 aromatic rings. The van der Waals surface area contributed by atoms with Crippen molar-refractivity contribution in [3.05, 3.63) is 52.9 Å². The van der Waals surface area contributed by atoms with Crippen LogP contribution in [0.15, 0.2) is 29.4 Å². The molecule has 1 fully saturated rings. The number of methoxy groups -OCH3 is 1. The third-order valence-corrected chi connectivity index (χ3v) is 6.78. The molecule has 1 aliphatic heterocycles. The molecule has 0 radical (unpaired) electrons. The molecule has 2 amide bonds. The Morgan fingerprint density at radius 1 is 1.14 bits per heavy atom. The Labute approximate surface area is 209 Å². The Morgan fingerprint density at radius 2 is 1.92 bits per heavy atom. The molecule has 36 heavy (non-hydrogen) atoms. The van der Waals surface area contributed by atoms with Gasteiger partial charge in [0.25, 0.3) is 5.91 Å². The number of rotatable bonds is 8. The highest BCUT2D eigenvalue weighted by Crippen LogP contribution is 2.35. The summed E-state index contributed by atoms with van der Waals surface area (Å²) in [6.07, 6.45) is 4.79. The summed E-state index contributed by atoms with van der Waals surface area (Å²) in [4.78, 5) is 38.5. The van der Waals surface area contributed by atoms with E-state index in [1.54, 1.807) is 32.0 Å². The van der Waals surface area contributed by atoms with Gasteiger partial charge < -0.3 is 20.2 Å². The van der Waals surface area contributed by atoms with E-state index >= 15 is 0 Å². The number of benzene rings is 1. The van der Waals surface area contributed by atoms with Crippen molar-refractivity contribution >= 4 is 17.5 Å². The monoisotopic (exact) mass is 497 g/mol. The molecule has 2 heterocycles. The van der Waals surface area contributed by atoms with Gasteiger partial charge in [-0.05, 0) is 68.2 Å². The normalized spacial score (nSPS) is 21.3. The maximum Gasteiger partial charge on any atom is 0.270 e. The zero-order valence-electron chi connectivity index (χ0n) is 20.8. The van der Waals surface area contributed by atoms with Crippen LogP contribution in [0.2, 0.25) is 0 Å². The predicted molar refractivity (Wildman–Crippen MR) is 131 cm³/mol. The average Bonchev–Trinajstić information content (AvgIpc) is 3.37. The summed E-state index contributed by atoms with van der Waals surface area (Å²) >= 11 is 0. The predicted octanol–water partition coefficient (Wildman–Crippen LogP) is 3.30. The molecular weight excluding hydrogens is 465 g/mol. The van der Waals surface area contributed by atoms with Crippen LogP contribution in [0.5, 0.6) is 5.75 Å². The van der Waals surface area contributed by atoms with Crippen LogP contribution in [0.1, 0.15) is 66.6 Å². The summed E-state index contributed by atoms with van der Waals surface area (Å²) < 4.78 is 18.6. The van der Waals surface area contributed by atoms with E-state index in [1.165, 1.54) is 13.2 Å². The third-order valence-electron chi connectivity index (χ3n) is 6.78. The largest absolute Gasteiger partial charge is 0.494 e. The van der Waals surface area contributed by atoms with E-state index < -0.39 is 5.82 Å². The van der Waals surface area contributed by atoms with Gasteiger partial charge in [-0.3, -0.25) is 9.59 Å². The fourth-order valence-corrected chi connectivity index (χ4v) is 4.77. The zero-order chi connectivity index (χ0) is 25.7. The van der Waals surface area contributed by atoms with Gasteiger partial charge >= 0.3 is 0 Å². The summed E-state index contributed by atoms with van der Waals surface area (Å²) in [5.41, 5.74) is 2.23. The van der Waals surface area contributed by atoms with Crippen molar-refractivity contribution in [3.8, 4) is 5.75 Å². The standard InChI is InChI=1S/C26H32FN5O4/c1-15-30-21(11-23(31-15)26(34)29-14-18-6-9-20(27)25(10-18)35-3)22-12-24(36-32-22)19-7-4-17(5-8-19)13-28-16(2)33/h6,9-11,17,19,24H,4-5,7-8,12-14H2,1-3H3,(H,28,33)(H,29,34)/t17?,19?,24-/m1/s1. The van der Waals surface area contributed by atoms with E-state index in [2.05, 4.69) is 25.8 Å². The lowest BCUT2D eigenvalue weighted by molar-refractivity contribution is -0.119. The summed E-state index contributed by atoms with van der Waals surface area (Å²) in [7, 11) is 1.39. The van der Waals surface area contributed by atoms with Crippen molar-refractivity contribution in [1.29, 1.82) is 0 Å². The van der Waals surface area contributed by atoms with Crippen LogP contribution in [0, 0.1) is 24.6 Å². The molecule has 9 nitrogen and oxygen atoms in total. The molecule has 1 atom stereocenters. The average molecular weight is 498 g/mol. The third kappa shape index (κ3) is 6.35. The van der Waals surface area contributed by atoms with E-state index in [0.717, 1.165) is 32.2 Å². The first-order valence-corrected chi connectivity index (χ1v) is 12.3. The Hall–Kier alpha value is -3.56. The van der Waals surface area contributed by atoms with Crippen LogP contribution in [-0.2, 0) is 16.2 Å². The van der Waals surface area contributed by atoms with E-state index in [4.69, 9.17) is 9.57 Å². The zero-order valence-corrected chi connectivity index (χ0v) is 20.8. The van der Waals surface area contributed by atoms with Crippen LogP contribution in [-0.4, -0.2) is 47.3 Å². The number of amides is 2. The molecule has 2 N–H and O–H groups in total. The first-order chi connectivity index (χ1) is 17.3. The molecule has 0 unspecified atom stereocenters. The van der Waals surface area contributed by atoms with Gasteiger partial charge in [-0.15, -0.1) is 0 Å². The van der Waals surface area contributed by atoms with Crippen molar-refractivity contribution in [1.82, 2.24) is 20.6 Å². The number of nitrogens with zero attached hydrogens (tertiary/aromatic N) is 3. The first kappa shape index (κ1) is 25.5. The van der Waals surface area contributed by atoms with E-state index in [0.29, 0.717) is 41.1 Å². The van der Waals surface area contributed by atoms with Gasteiger partial charge in [0.05, 0.1) is 12.8 Å². The highest BCUT2D eigenvalue weighted by atomic mass is 19.1. The fraction of sp³-hybridized carbons (Fsp3) is 0.500. The molecule has 192 valence electrons. The second-order valence-electron chi connectivity index (χ2n) is 9.44. The van der Waals surface area contributed by atoms with Gasteiger partial charge in [-0.2, -0.15) is 0 Å². The molecule has 0 bridgehead atoms. The Morgan fingerprint density at radius 3 is 2.64 bits per heavy atom. The molecule has 1 aliphatic carbocycles. The van der Waals surface area contributed by atoms with E-state index in [-0.39, 0.29) is 35.9 Å². The number of aromatic nitrogens is 2. The fourth-order valence-electron chi connectivity index (χ4n) is 4.77. The Bertz CT molecular complexity index is 1150. The van der Waals surface area contributed by atoms with Gasteiger partial charge in [0.2, 0.25) is 5.91 Å². The van der Waals surface area contributed by atoms with Crippen LogP contribution in [0.25, 0.3) is 0 Å². The summed E-state index contributed by atoms with van der Waals surface area (Å²) in [5, 5.41) is 10.0. The topological polar surface area (TPSA) is 115 Å². The molecule has 1 aromatic carbocycles. The molecule has 10 heteroatoms. The van der Waals surface area contributed by atoms with E-state index in [9.17, 15) is 14.0 Å². The van der Waals surface area contributed by atoms with Gasteiger partial charge in [-0.1, -0.05) is 11.2 Å². The van der Waals surface area contributed by atoms with Gasteiger partial charge in [0.1, 0.15) is 23.3 Å². The quantitative estimate of drug-likeness (QED) is 0.578. The summed E-state index contributed by atoms with van der Waals surface area (Å²) in [5.74, 6) is 0.686. The van der Waals surface area contributed by atoms with Gasteiger partial charge in [-0.25, -0.2) is 14.4 Å². The van der Waals surface area contributed by atoms with Crippen molar-refractivity contribution in [2.45, 2.75) is 58.6 Å². The number of carbonyl (C=O) groups is 2.